The highest BCUT2D eigenvalue weighted by molar-refractivity contribution is 6.32. The monoisotopic (exact) mass is 1200 g/mol. The Hall–Kier alpha value is -10.5. The average Bonchev–Trinajstić information content (AvgIpc) is 3.65. The smallest absolute Gasteiger partial charge is 0.330 e. The van der Waals surface area contributed by atoms with E-state index in [1.807, 2.05) is 0 Å². The third kappa shape index (κ3) is 10.9. The number of carboxylic acid groups (broad SMARTS) is 1. The number of aliphatic carboxylic acids is 1. The van der Waals surface area contributed by atoms with Crippen molar-refractivity contribution in [2.75, 3.05) is 0 Å². The lowest BCUT2D eigenvalue weighted by molar-refractivity contribution is -0.143. The number of fused-ring (bicyclic) bond motifs is 14. The lowest BCUT2D eigenvalue weighted by atomic mass is 9.89. The van der Waals surface area contributed by atoms with Crippen molar-refractivity contribution in [3.8, 4) is 80.1 Å². The fourth-order valence-corrected chi connectivity index (χ4v) is 10.7. The maximum Gasteiger partial charge on any atom is 0.330 e. The van der Waals surface area contributed by atoms with Gasteiger partial charge in [0.1, 0.15) is 82.6 Å². The third-order valence-corrected chi connectivity index (χ3v) is 15.0. The molecule has 1 unspecified atom stereocenters. The molecule has 0 radical (unpaired) electrons. The van der Waals surface area contributed by atoms with Crippen molar-refractivity contribution in [1.82, 2.24) is 31.9 Å². The number of aromatic hydroxyl groups is 6. The Morgan fingerprint density at radius 2 is 1.07 bits per heavy atom. The van der Waals surface area contributed by atoms with Gasteiger partial charge in [-0.25, -0.2) is 4.79 Å². The van der Waals surface area contributed by atoms with Gasteiger partial charge in [-0.2, -0.15) is 0 Å². The van der Waals surface area contributed by atoms with E-state index in [9.17, 15) is 60.0 Å². The minimum absolute atomic E-state index is 0.119. The van der Waals surface area contributed by atoms with Gasteiger partial charge in [-0.05, 0) is 112 Å². The van der Waals surface area contributed by atoms with Crippen LogP contribution in [0.5, 0.6) is 69.0 Å². The summed E-state index contributed by atoms with van der Waals surface area (Å²) in [4.78, 5) is 103. The number of carbonyl (C=O) groups excluding carboxylic acids is 6. The molecule has 7 aromatic rings. The summed E-state index contributed by atoms with van der Waals surface area (Å²) in [6.07, 6.45) is -2.47. The van der Waals surface area contributed by atoms with Crippen molar-refractivity contribution >= 4 is 64.6 Å². The van der Waals surface area contributed by atoms with Gasteiger partial charge in [-0.15, -0.1) is 0 Å². The van der Waals surface area contributed by atoms with E-state index in [1.165, 1.54) is 54.6 Å². The Labute approximate surface area is 488 Å². The van der Waals surface area contributed by atoms with E-state index in [0.717, 1.165) is 60.7 Å². The van der Waals surface area contributed by atoms with Crippen molar-refractivity contribution in [1.29, 1.82) is 0 Å². The van der Waals surface area contributed by atoms with Crippen LogP contribution in [0.3, 0.4) is 0 Å². The molecule has 85 heavy (non-hydrogen) atoms. The molecule has 0 saturated carbocycles. The Morgan fingerprint density at radius 1 is 0.494 bits per heavy atom. The lowest BCUT2D eigenvalue weighted by Crippen LogP contribution is -2.55. The topological polar surface area (TPSA) is 407 Å². The zero-order chi connectivity index (χ0) is 60.4. The summed E-state index contributed by atoms with van der Waals surface area (Å²) >= 11 is 13.7. The van der Waals surface area contributed by atoms with Gasteiger partial charge in [0.05, 0.1) is 10.0 Å². The molecule has 17 bridgehead atoms. The summed E-state index contributed by atoms with van der Waals surface area (Å²) in [5.74, 6) is -14.9. The first-order valence-corrected chi connectivity index (χ1v) is 26.3. The molecule has 6 aliphatic rings. The number of benzene rings is 7. The van der Waals surface area contributed by atoms with Crippen LogP contribution in [0.25, 0.3) is 11.1 Å². The molecule has 6 amide bonds. The fraction of sp³-hybridized carbons (Fsp3) is 0.155. The summed E-state index contributed by atoms with van der Waals surface area (Å²) < 4.78 is 18.4. The minimum Gasteiger partial charge on any atom is -0.508 e. The van der Waals surface area contributed by atoms with Crippen LogP contribution in [-0.2, 0) is 40.0 Å². The predicted octanol–water partition coefficient (Wildman–Crippen LogP) is 4.98. The summed E-state index contributed by atoms with van der Waals surface area (Å²) in [5, 5.41) is 105. The van der Waals surface area contributed by atoms with Crippen LogP contribution in [0.4, 0.5) is 0 Å². The average molecular weight is 1200 g/mol. The van der Waals surface area contributed by atoms with Gasteiger partial charge in [0.25, 0.3) is 0 Å². The number of hydrogen-bond acceptors (Lipinski definition) is 18. The Balaban J connectivity index is 1.14. The second kappa shape index (κ2) is 22.0. The molecule has 434 valence electrons. The van der Waals surface area contributed by atoms with Crippen molar-refractivity contribution in [2.45, 2.75) is 54.8 Å². The van der Waals surface area contributed by atoms with Crippen molar-refractivity contribution in [3.63, 3.8) is 0 Å². The van der Waals surface area contributed by atoms with Gasteiger partial charge < -0.3 is 92.7 Å². The number of rotatable bonds is 1. The summed E-state index contributed by atoms with van der Waals surface area (Å²) in [5.41, 5.74) is 4.41. The molecule has 7 aromatic carbocycles. The minimum atomic E-state index is -2.19. The van der Waals surface area contributed by atoms with Gasteiger partial charge in [0.2, 0.25) is 41.2 Å². The second-order valence-electron chi connectivity index (χ2n) is 20.1. The third-order valence-electron chi connectivity index (χ3n) is 14.4. The Bertz CT molecular complexity index is 4030. The van der Waals surface area contributed by atoms with E-state index in [-0.39, 0.29) is 67.3 Å². The molecule has 13 rings (SSSR count). The highest BCUT2D eigenvalue weighted by Gasteiger charge is 2.41. The molecule has 27 heteroatoms. The van der Waals surface area contributed by atoms with Crippen molar-refractivity contribution in [2.24, 2.45) is 5.73 Å². The molecule has 0 saturated heterocycles. The number of nitrogens with one attached hydrogen (secondary N) is 6. The number of aliphatic hydroxyl groups is 1. The van der Waals surface area contributed by atoms with Crippen LogP contribution in [0.1, 0.15) is 75.3 Å². The predicted molar refractivity (Wildman–Crippen MR) is 295 cm³/mol. The second-order valence-corrected chi connectivity index (χ2v) is 20.9. The number of nitrogens with two attached hydrogens (primary N) is 1. The Morgan fingerprint density at radius 3 is 1.74 bits per heavy atom. The quantitative estimate of drug-likeness (QED) is 0.103. The van der Waals surface area contributed by atoms with Gasteiger partial charge in [0.15, 0.2) is 29.0 Å². The maximum absolute atomic E-state index is 15.7. The molecule has 25 nitrogen and oxygen atoms in total. The highest BCUT2D eigenvalue weighted by atomic mass is 35.5. The number of amides is 6. The molecule has 0 aliphatic carbocycles. The number of carbonyl (C=O) groups is 7. The molecule has 0 aromatic heterocycles. The first-order chi connectivity index (χ1) is 40.5. The first kappa shape index (κ1) is 56.4. The number of hydrogen-bond donors (Lipinski definition) is 15. The summed E-state index contributed by atoms with van der Waals surface area (Å²) in [7, 11) is 0. The number of carboxylic acids is 1. The van der Waals surface area contributed by atoms with E-state index in [4.69, 9.17) is 43.1 Å². The number of phenolic OH excluding ortho intramolecular Hbond substituents is 6. The molecular weight excluding hydrogens is 1150 g/mol. The van der Waals surface area contributed by atoms with E-state index in [1.54, 1.807) is 0 Å². The zero-order valence-corrected chi connectivity index (χ0v) is 44.8. The number of aliphatic hydroxyl groups excluding tert-OH is 1. The largest absolute Gasteiger partial charge is 0.508 e. The number of ether oxygens (including phenoxy) is 3. The molecule has 6 heterocycles. The van der Waals surface area contributed by atoms with Gasteiger partial charge in [-0.1, -0.05) is 47.5 Å². The van der Waals surface area contributed by atoms with Gasteiger partial charge in [0, 0.05) is 35.2 Å². The Kier molecular flexibility index (Phi) is 14.6. The fourth-order valence-electron chi connectivity index (χ4n) is 10.2. The van der Waals surface area contributed by atoms with Gasteiger partial charge in [-0.3, -0.25) is 28.8 Å². The zero-order valence-electron chi connectivity index (χ0n) is 43.3. The summed E-state index contributed by atoms with van der Waals surface area (Å²) in [6.45, 7) is 0. The molecule has 0 spiro atoms. The molecular formula is C58H45Cl2N7O18. The normalized spacial score (nSPS) is 22.0. The van der Waals surface area contributed by atoms with Crippen molar-refractivity contribution < 1.29 is 88.6 Å². The van der Waals surface area contributed by atoms with Crippen LogP contribution in [-0.4, -0.2) is 94.3 Å². The van der Waals surface area contributed by atoms with Crippen LogP contribution in [0, 0.1) is 0 Å². The molecule has 0 fully saturated rings. The maximum atomic E-state index is 15.7. The standard InChI is InChI=1S/C58H45Cl2N7O18/c59-32-9-21-1-7-38(32)84-41-16-26-17-42(51(41)74)85-39-8-4-24(14-33(39)60)50(73)49-57(80)66-48(58(81)82)31-19-28(69)20-37(72)43(31)30-13-23(3-5-35(30)70)45(54(77)67-49)64-56(79)47(26)65-55(78)46-25-11-27(68)18-29(12-25)83-40-15-22(2-6-36(40)71)44(61)53(76)62-34(10-21)52(75)63-46/h1-9,11-20,34,44-50,68-74H,10,61H2,(H,62,76)(H,63,75)(H,64,79)(H,65,78)(H,66,80)(H,67,77)(H,81,82)/t34-,44-,45?,46+,47-,48+,49+,50-/m1/s1. The van der Waals surface area contributed by atoms with E-state index in [2.05, 4.69) is 31.9 Å². The number of phenols is 6. The van der Waals surface area contributed by atoms with Crippen LogP contribution < -0.4 is 51.8 Å². The molecule has 16 N–H and O–H groups in total. The highest BCUT2D eigenvalue weighted by Crippen LogP contribution is 2.48. The summed E-state index contributed by atoms with van der Waals surface area (Å²) in [6, 6.07) is 8.15. The van der Waals surface area contributed by atoms with Crippen molar-refractivity contribution in [3.05, 3.63) is 164 Å². The van der Waals surface area contributed by atoms with E-state index >= 15 is 14.4 Å². The SMILES string of the molecule is N[C@H]1C(=O)N[C@@H]2Cc3ccc(c(Cl)c3)Oc3cc4cc(c3O)Oc3ccc(cc3Cl)[C@@H](O)[C@@H]3NC(=O)C(NC(=O)[C@@H]4NC(=O)[C@@H](NC2=O)c2cc(O)cc(c2)Oc2cc1ccc2O)c1ccc(O)c(c1)-c1c(O)cc(O)cc1[C@@H](C(=O)O)NC3=O. The van der Waals surface area contributed by atoms with Gasteiger partial charge >= 0.3 is 5.97 Å². The molecule has 8 atom stereocenters. The molecule has 6 aliphatic heterocycles. The first-order valence-electron chi connectivity index (χ1n) is 25.5. The van der Waals surface area contributed by atoms with Crippen LogP contribution >= 0.6 is 23.2 Å². The van der Waals surface area contributed by atoms with Crippen LogP contribution in [0.15, 0.2) is 115 Å². The van der Waals surface area contributed by atoms with E-state index < -0.39 is 152 Å². The van der Waals surface area contributed by atoms with Crippen LogP contribution in [0.2, 0.25) is 10.0 Å². The lowest BCUT2D eigenvalue weighted by Gasteiger charge is -2.31. The van der Waals surface area contributed by atoms with E-state index in [0.29, 0.717) is 5.56 Å². The number of halogens is 2.